The van der Waals surface area contributed by atoms with Gasteiger partial charge in [0.25, 0.3) is 0 Å². The third-order valence-corrected chi connectivity index (χ3v) is 3.91. The highest BCUT2D eigenvalue weighted by molar-refractivity contribution is 5.82. The second-order valence-corrected chi connectivity index (χ2v) is 5.17. The van der Waals surface area contributed by atoms with Crippen molar-refractivity contribution in [1.82, 2.24) is 10.2 Å². The van der Waals surface area contributed by atoms with E-state index in [2.05, 4.69) is 31.0 Å². The summed E-state index contributed by atoms with van der Waals surface area (Å²) in [6.07, 6.45) is 5.24. The van der Waals surface area contributed by atoms with Gasteiger partial charge in [-0.1, -0.05) is 20.3 Å². The average molecular weight is 240 g/mol. The van der Waals surface area contributed by atoms with Crippen molar-refractivity contribution in [3.63, 3.8) is 0 Å². The van der Waals surface area contributed by atoms with Gasteiger partial charge in [-0.3, -0.25) is 4.79 Å². The van der Waals surface area contributed by atoms with Gasteiger partial charge >= 0.3 is 0 Å². The molecule has 0 aromatic carbocycles. The number of nitrogens with one attached hydrogen (secondary N) is 1. The first-order valence-corrected chi connectivity index (χ1v) is 7.20. The van der Waals surface area contributed by atoms with Crippen molar-refractivity contribution in [2.75, 3.05) is 26.2 Å². The molecule has 1 aliphatic rings. The van der Waals surface area contributed by atoms with Crippen LogP contribution >= 0.6 is 0 Å². The van der Waals surface area contributed by atoms with Crippen LogP contribution in [0, 0.1) is 5.41 Å². The fourth-order valence-electron chi connectivity index (χ4n) is 2.96. The Bertz CT molecular complexity index is 229. The number of carbonyl (C=O) groups excluding carboxylic acids is 1. The maximum Gasteiger partial charge on any atom is 0.228 e. The Hall–Kier alpha value is -0.570. The number of nitrogens with zero attached hydrogens (tertiary/aromatic N) is 1. The molecule has 1 fully saturated rings. The van der Waals surface area contributed by atoms with E-state index >= 15 is 0 Å². The van der Waals surface area contributed by atoms with Gasteiger partial charge in [-0.05, 0) is 45.7 Å². The van der Waals surface area contributed by atoms with Crippen molar-refractivity contribution in [1.29, 1.82) is 0 Å². The van der Waals surface area contributed by atoms with Crippen molar-refractivity contribution in [2.24, 2.45) is 5.41 Å². The Kier molecular flexibility index (Phi) is 5.96. The number of carbonyl (C=O) groups is 1. The van der Waals surface area contributed by atoms with Crippen LogP contribution in [0.5, 0.6) is 0 Å². The fourth-order valence-corrected chi connectivity index (χ4v) is 2.96. The SMILES string of the molecule is CCCN(CC)C(=O)C1(CCC)CCNCC1. The summed E-state index contributed by atoms with van der Waals surface area (Å²) in [6, 6.07) is 0. The van der Waals surface area contributed by atoms with E-state index < -0.39 is 0 Å². The van der Waals surface area contributed by atoms with E-state index in [-0.39, 0.29) is 5.41 Å². The van der Waals surface area contributed by atoms with Crippen LogP contribution in [0.4, 0.5) is 0 Å². The Morgan fingerprint density at radius 3 is 2.29 bits per heavy atom. The lowest BCUT2D eigenvalue weighted by atomic mass is 9.74. The van der Waals surface area contributed by atoms with Crippen LogP contribution in [-0.2, 0) is 4.79 Å². The zero-order valence-electron chi connectivity index (χ0n) is 11.7. The van der Waals surface area contributed by atoms with Crippen molar-refractivity contribution >= 4 is 5.91 Å². The molecule has 1 aliphatic heterocycles. The minimum Gasteiger partial charge on any atom is -0.343 e. The first-order valence-electron chi connectivity index (χ1n) is 7.20. The van der Waals surface area contributed by atoms with Gasteiger partial charge in [-0.2, -0.15) is 0 Å². The largest absolute Gasteiger partial charge is 0.343 e. The smallest absolute Gasteiger partial charge is 0.228 e. The molecule has 0 aromatic heterocycles. The summed E-state index contributed by atoms with van der Waals surface area (Å²) < 4.78 is 0. The monoisotopic (exact) mass is 240 g/mol. The van der Waals surface area contributed by atoms with Crippen LogP contribution in [-0.4, -0.2) is 37.0 Å². The van der Waals surface area contributed by atoms with Crippen LogP contribution in [0.25, 0.3) is 0 Å². The Balaban J connectivity index is 2.77. The van der Waals surface area contributed by atoms with Gasteiger partial charge in [0.05, 0.1) is 5.41 Å². The molecular weight excluding hydrogens is 212 g/mol. The summed E-state index contributed by atoms with van der Waals surface area (Å²) in [5.41, 5.74) is -0.0643. The van der Waals surface area contributed by atoms with Gasteiger partial charge in [0.15, 0.2) is 0 Å². The van der Waals surface area contributed by atoms with Crippen LogP contribution in [0.15, 0.2) is 0 Å². The Labute approximate surface area is 106 Å². The van der Waals surface area contributed by atoms with E-state index in [1.807, 2.05) is 0 Å². The highest BCUT2D eigenvalue weighted by atomic mass is 16.2. The standard InChI is InChI=1S/C14H28N2O/c1-4-7-14(8-10-15-11-9-14)13(17)16(6-3)12-5-2/h15H,4-12H2,1-3H3. The lowest BCUT2D eigenvalue weighted by Gasteiger charge is -2.40. The fraction of sp³-hybridized carbons (Fsp3) is 0.929. The zero-order valence-corrected chi connectivity index (χ0v) is 11.7. The highest BCUT2D eigenvalue weighted by Crippen LogP contribution is 2.36. The van der Waals surface area contributed by atoms with Gasteiger partial charge in [-0.25, -0.2) is 0 Å². The number of amides is 1. The van der Waals surface area contributed by atoms with Crippen molar-refractivity contribution in [2.45, 2.75) is 52.9 Å². The lowest BCUT2D eigenvalue weighted by molar-refractivity contribution is -0.144. The molecule has 1 rings (SSSR count). The summed E-state index contributed by atoms with van der Waals surface area (Å²) in [6.45, 7) is 10.2. The Morgan fingerprint density at radius 2 is 1.82 bits per heavy atom. The summed E-state index contributed by atoms with van der Waals surface area (Å²) in [5, 5.41) is 3.37. The molecule has 1 heterocycles. The summed E-state index contributed by atoms with van der Waals surface area (Å²) in [7, 11) is 0. The third-order valence-electron chi connectivity index (χ3n) is 3.91. The predicted octanol–water partition coefficient (Wildman–Crippen LogP) is 2.41. The van der Waals surface area contributed by atoms with Gasteiger partial charge in [0, 0.05) is 13.1 Å². The summed E-state index contributed by atoms with van der Waals surface area (Å²) in [4.78, 5) is 14.8. The van der Waals surface area contributed by atoms with Crippen molar-refractivity contribution < 1.29 is 4.79 Å². The Morgan fingerprint density at radius 1 is 1.18 bits per heavy atom. The van der Waals surface area contributed by atoms with Crippen LogP contribution in [0.3, 0.4) is 0 Å². The first-order chi connectivity index (χ1) is 8.20. The topological polar surface area (TPSA) is 32.3 Å². The molecule has 0 spiro atoms. The maximum absolute atomic E-state index is 12.7. The van der Waals surface area contributed by atoms with Crippen molar-refractivity contribution in [3.05, 3.63) is 0 Å². The molecule has 100 valence electrons. The molecule has 0 aliphatic carbocycles. The lowest BCUT2D eigenvalue weighted by Crippen LogP contribution is -2.49. The molecule has 0 bridgehead atoms. The molecule has 1 amide bonds. The maximum atomic E-state index is 12.7. The van der Waals surface area contributed by atoms with Gasteiger partial charge in [0.2, 0.25) is 5.91 Å². The summed E-state index contributed by atoms with van der Waals surface area (Å²) in [5.74, 6) is 0.408. The first kappa shape index (κ1) is 14.5. The molecule has 0 radical (unpaired) electrons. The molecule has 0 saturated carbocycles. The van der Waals surface area contributed by atoms with Crippen LogP contribution in [0.1, 0.15) is 52.9 Å². The van der Waals surface area contributed by atoms with E-state index in [0.717, 1.165) is 58.3 Å². The van der Waals surface area contributed by atoms with Gasteiger partial charge in [0.1, 0.15) is 0 Å². The molecule has 0 unspecified atom stereocenters. The number of hydrogen-bond donors (Lipinski definition) is 1. The van der Waals surface area contributed by atoms with E-state index in [0.29, 0.717) is 5.91 Å². The van der Waals surface area contributed by atoms with E-state index in [9.17, 15) is 4.79 Å². The molecule has 0 aromatic rings. The molecule has 0 atom stereocenters. The van der Waals surface area contributed by atoms with Gasteiger partial charge in [-0.15, -0.1) is 0 Å². The molecule has 3 nitrogen and oxygen atoms in total. The van der Waals surface area contributed by atoms with E-state index in [1.54, 1.807) is 0 Å². The minimum atomic E-state index is -0.0643. The van der Waals surface area contributed by atoms with E-state index in [1.165, 1.54) is 0 Å². The summed E-state index contributed by atoms with van der Waals surface area (Å²) >= 11 is 0. The van der Waals surface area contributed by atoms with Crippen molar-refractivity contribution in [3.8, 4) is 0 Å². The normalized spacial score (nSPS) is 19.0. The molecule has 3 heteroatoms. The van der Waals surface area contributed by atoms with Gasteiger partial charge < -0.3 is 10.2 Å². The van der Waals surface area contributed by atoms with Crippen LogP contribution < -0.4 is 5.32 Å². The number of rotatable bonds is 6. The quantitative estimate of drug-likeness (QED) is 0.773. The third kappa shape index (κ3) is 3.44. The molecule has 1 saturated heterocycles. The number of piperidine rings is 1. The minimum absolute atomic E-state index is 0.0643. The molecular formula is C14H28N2O. The molecule has 1 N–H and O–H groups in total. The van der Waals surface area contributed by atoms with E-state index in [4.69, 9.17) is 0 Å². The highest BCUT2D eigenvalue weighted by Gasteiger charge is 2.40. The zero-order chi connectivity index (χ0) is 12.7. The second-order valence-electron chi connectivity index (χ2n) is 5.17. The predicted molar refractivity (Wildman–Crippen MR) is 72.0 cm³/mol. The number of hydrogen-bond acceptors (Lipinski definition) is 2. The molecule has 17 heavy (non-hydrogen) atoms. The average Bonchev–Trinajstić information content (AvgIpc) is 2.36. The van der Waals surface area contributed by atoms with Crippen LogP contribution in [0.2, 0.25) is 0 Å². The second kappa shape index (κ2) is 7.00.